The van der Waals surface area contributed by atoms with Crippen LogP contribution in [-0.2, 0) is 6.42 Å². The van der Waals surface area contributed by atoms with Gasteiger partial charge in [-0.2, -0.15) is 0 Å². The molecular formula is C9H9BrS. The van der Waals surface area contributed by atoms with Crippen LogP contribution in [-0.4, -0.2) is 10.6 Å². The Morgan fingerprint density at radius 3 is 3.00 bits per heavy atom. The van der Waals surface area contributed by atoms with Gasteiger partial charge in [-0.15, -0.1) is 11.8 Å². The molecule has 0 bridgehead atoms. The van der Waals surface area contributed by atoms with Crippen molar-refractivity contribution in [2.24, 2.45) is 0 Å². The average molecular weight is 229 g/mol. The molecule has 0 fully saturated rings. The molecule has 1 aromatic carbocycles. The Labute approximate surface area is 79.5 Å². The van der Waals surface area contributed by atoms with Crippen LogP contribution in [0.1, 0.15) is 5.56 Å². The van der Waals surface area contributed by atoms with E-state index in [0.29, 0.717) is 0 Å². The molecule has 0 N–H and O–H groups in total. The number of hydrogen-bond donors (Lipinski definition) is 0. The van der Waals surface area contributed by atoms with E-state index in [0.717, 1.165) is 10.6 Å². The highest BCUT2D eigenvalue weighted by Gasteiger charge is 2.19. The Morgan fingerprint density at radius 2 is 2.27 bits per heavy atom. The lowest BCUT2D eigenvalue weighted by molar-refractivity contribution is 0.977. The minimum Gasteiger partial charge on any atom is -0.121 e. The number of halogens is 1. The summed E-state index contributed by atoms with van der Waals surface area (Å²) in [6.45, 7) is 0. The number of alkyl halides is 1. The Balaban J connectivity index is 2.27. The fraction of sp³-hybridized carbons (Fsp3) is 0.333. The van der Waals surface area contributed by atoms with Crippen LogP contribution in [0.15, 0.2) is 29.2 Å². The third-order valence-corrected chi connectivity index (χ3v) is 4.41. The predicted octanol–water partition coefficient (Wildman–Crippen LogP) is 3.10. The average Bonchev–Trinajstić information content (AvgIpc) is 2.46. The van der Waals surface area contributed by atoms with E-state index < -0.39 is 0 Å². The topological polar surface area (TPSA) is 0 Å². The van der Waals surface area contributed by atoms with Crippen LogP contribution < -0.4 is 0 Å². The standard InChI is InChI=1S/C9H9BrS/c10-6-8-5-7-3-1-2-4-9(7)11-8/h1-4,8H,5-6H2. The monoisotopic (exact) mass is 228 g/mol. The SMILES string of the molecule is BrCC1Cc2ccccc2S1. The Bertz CT molecular complexity index is 234. The predicted molar refractivity (Wildman–Crippen MR) is 53.6 cm³/mol. The molecular weight excluding hydrogens is 220 g/mol. The third kappa shape index (κ3) is 1.47. The Hall–Kier alpha value is 0.0500. The highest BCUT2D eigenvalue weighted by Crippen LogP contribution is 2.37. The first-order valence-corrected chi connectivity index (χ1v) is 5.71. The van der Waals surface area contributed by atoms with Crippen LogP contribution in [0.2, 0.25) is 0 Å². The van der Waals surface area contributed by atoms with Crippen molar-refractivity contribution >= 4 is 27.7 Å². The minimum atomic E-state index is 0.757. The highest BCUT2D eigenvalue weighted by atomic mass is 79.9. The van der Waals surface area contributed by atoms with E-state index in [1.165, 1.54) is 16.9 Å². The molecule has 2 heteroatoms. The summed E-state index contributed by atoms with van der Waals surface area (Å²) in [5.41, 5.74) is 1.52. The van der Waals surface area contributed by atoms with Gasteiger partial charge in [-0.1, -0.05) is 34.1 Å². The van der Waals surface area contributed by atoms with Gasteiger partial charge in [0, 0.05) is 15.5 Å². The van der Waals surface area contributed by atoms with Crippen molar-refractivity contribution in [3.8, 4) is 0 Å². The maximum atomic E-state index is 3.51. The number of benzene rings is 1. The van der Waals surface area contributed by atoms with E-state index in [9.17, 15) is 0 Å². The first-order valence-electron chi connectivity index (χ1n) is 3.70. The molecule has 2 rings (SSSR count). The second kappa shape index (κ2) is 3.20. The fourth-order valence-electron chi connectivity index (χ4n) is 1.34. The summed E-state index contributed by atoms with van der Waals surface area (Å²) in [6, 6.07) is 8.67. The summed E-state index contributed by atoms with van der Waals surface area (Å²) in [5, 5.41) is 1.86. The second-order valence-electron chi connectivity index (χ2n) is 2.71. The van der Waals surface area contributed by atoms with Crippen LogP contribution >= 0.6 is 27.7 Å². The molecule has 0 radical (unpaired) electrons. The third-order valence-electron chi connectivity index (χ3n) is 1.89. The van der Waals surface area contributed by atoms with Crippen LogP contribution in [0.3, 0.4) is 0 Å². The lowest BCUT2D eigenvalue weighted by Crippen LogP contribution is -2.00. The van der Waals surface area contributed by atoms with Crippen molar-refractivity contribution in [1.82, 2.24) is 0 Å². The van der Waals surface area contributed by atoms with E-state index in [1.54, 1.807) is 0 Å². The molecule has 0 aromatic heterocycles. The lowest BCUT2D eigenvalue weighted by atomic mass is 10.1. The lowest BCUT2D eigenvalue weighted by Gasteiger charge is -1.99. The Morgan fingerprint density at radius 1 is 1.45 bits per heavy atom. The molecule has 0 nitrogen and oxygen atoms in total. The smallest absolute Gasteiger partial charge is 0.0232 e. The second-order valence-corrected chi connectivity index (χ2v) is 4.70. The summed E-state index contributed by atoms with van der Waals surface area (Å²) in [4.78, 5) is 1.47. The molecule has 1 aliphatic heterocycles. The van der Waals surface area contributed by atoms with E-state index in [2.05, 4.69) is 40.2 Å². The van der Waals surface area contributed by atoms with E-state index in [4.69, 9.17) is 0 Å². The molecule has 0 saturated carbocycles. The van der Waals surface area contributed by atoms with Gasteiger partial charge in [-0.25, -0.2) is 0 Å². The summed E-state index contributed by atoms with van der Waals surface area (Å²) in [5.74, 6) is 0. The molecule has 1 heterocycles. The van der Waals surface area contributed by atoms with Gasteiger partial charge in [0.25, 0.3) is 0 Å². The van der Waals surface area contributed by atoms with Gasteiger partial charge in [-0.3, -0.25) is 0 Å². The number of thioether (sulfide) groups is 1. The van der Waals surface area contributed by atoms with Crippen molar-refractivity contribution in [3.05, 3.63) is 29.8 Å². The quantitative estimate of drug-likeness (QED) is 0.667. The minimum absolute atomic E-state index is 0.757. The highest BCUT2D eigenvalue weighted by molar-refractivity contribution is 9.09. The van der Waals surface area contributed by atoms with Gasteiger partial charge >= 0.3 is 0 Å². The summed E-state index contributed by atoms with van der Waals surface area (Å²) >= 11 is 5.50. The van der Waals surface area contributed by atoms with Crippen molar-refractivity contribution in [2.75, 3.05) is 5.33 Å². The number of hydrogen-bond acceptors (Lipinski definition) is 1. The molecule has 0 amide bonds. The maximum Gasteiger partial charge on any atom is 0.0232 e. The van der Waals surface area contributed by atoms with Gasteiger partial charge in [0.1, 0.15) is 0 Å². The Kier molecular flexibility index (Phi) is 2.23. The molecule has 0 saturated heterocycles. The van der Waals surface area contributed by atoms with E-state index in [-0.39, 0.29) is 0 Å². The van der Waals surface area contributed by atoms with Crippen LogP contribution in [0.4, 0.5) is 0 Å². The van der Waals surface area contributed by atoms with Crippen LogP contribution in [0, 0.1) is 0 Å². The molecule has 58 valence electrons. The van der Waals surface area contributed by atoms with Crippen LogP contribution in [0.5, 0.6) is 0 Å². The first kappa shape index (κ1) is 7.69. The molecule has 0 spiro atoms. The summed E-state index contributed by atoms with van der Waals surface area (Å²) in [7, 11) is 0. The molecule has 1 aromatic rings. The normalized spacial score (nSPS) is 21.7. The zero-order valence-electron chi connectivity index (χ0n) is 6.09. The molecule has 0 aliphatic carbocycles. The van der Waals surface area contributed by atoms with Crippen LogP contribution in [0.25, 0.3) is 0 Å². The first-order chi connectivity index (χ1) is 5.40. The number of fused-ring (bicyclic) bond motifs is 1. The van der Waals surface area contributed by atoms with Crippen molar-refractivity contribution in [1.29, 1.82) is 0 Å². The van der Waals surface area contributed by atoms with E-state index >= 15 is 0 Å². The largest absolute Gasteiger partial charge is 0.121 e. The van der Waals surface area contributed by atoms with E-state index in [1.807, 2.05) is 11.8 Å². The van der Waals surface area contributed by atoms with Gasteiger partial charge in [0.05, 0.1) is 0 Å². The van der Waals surface area contributed by atoms with Gasteiger partial charge in [0.15, 0.2) is 0 Å². The zero-order chi connectivity index (χ0) is 7.68. The zero-order valence-corrected chi connectivity index (χ0v) is 8.49. The summed E-state index contributed by atoms with van der Waals surface area (Å²) in [6.07, 6.45) is 1.23. The molecule has 11 heavy (non-hydrogen) atoms. The van der Waals surface area contributed by atoms with Gasteiger partial charge in [-0.05, 0) is 18.1 Å². The van der Waals surface area contributed by atoms with Crippen molar-refractivity contribution in [3.63, 3.8) is 0 Å². The van der Waals surface area contributed by atoms with Gasteiger partial charge < -0.3 is 0 Å². The maximum absolute atomic E-state index is 3.51. The molecule has 1 aliphatic rings. The molecule has 1 atom stereocenters. The fourth-order valence-corrected chi connectivity index (χ4v) is 3.11. The number of rotatable bonds is 1. The van der Waals surface area contributed by atoms with Crippen molar-refractivity contribution in [2.45, 2.75) is 16.6 Å². The van der Waals surface area contributed by atoms with Gasteiger partial charge in [0.2, 0.25) is 0 Å². The summed E-state index contributed by atoms with van der Waals surface area (Å²) < 4.78 is 0. The molecule has 1 unspecified atom stereocenters. The van der Waals surface area contributed by atoms with Crippen molar-refractivity contribution < 1.29 is 0 Å².